The molecule has 2 saturated heterocycles. The maximum Gasteiger partial charge on any atom is 0.308 e. The van der Waals surface area contributed by atoms with Gasteiger partial charge in [-0.3, -0.25) is 9.59 Å². The van der Waals surface area contributed by atoms with Crippen LogP contribution in [-0.4, -0.2) is 54.9 Å². The molecule has 0 aromatic carbocycles. The van der Waals surface area contributed by atoms with E-state index in [0.717, 1.165) is 0 Å². The van der Waals surface area contributed by atoms with Crippen LogP contribution in [0.2, 0.25) is 0 Å². The highest BCUT2D eigenvalue weighted by atomic mass is 32.2. The van der Waals surface area contributed by atoms with Crippen LogP contribution in [0.3, 0.4) is 0 Å². The Kier molecular flexibility index (Phi) is 3.85. The molecule has 1 unspecified atom stereocenters. The van der Waals surface area contributed by atoms with Gasteiger partial charge in [0.05, 0.1) is 17.4 Å². The second-order valence-electron chi connectivity index (χ2n) is 5.69. The first-order valence-electron chi connectivity index (χ1n) is 6.49. The molecule has 1 amide bonds. The van der Waals surface area contributed by atoms with Crippen LogP contribution in [0.1, 0.15) is 19.8 Å². The first kappa shape index (κ1) is 14.3. The normalized spacial score (nSPS) is 33.5. The zero-order valence-corrected chi connectivity index (χ0v) is 11.7. The van der Waals surface area contributed by atoms with Crippen molar-refractivity contribution in [2.45, 2.75) is 19.8 Å². The fourth-order valence-electron chi connectivity index (χ4n) is 2.90. The molecular weight excluding hydrogens is 270 g/mol. The highest BCUT2D eigenvalue weighted by Gasteiger charge is 2.38. The lowest BCUT2D eigenvalue weighted by Crippen LogP contribution is -2.31. The lowest BCUT2D eigenvalue weighted by atomic mass is 9.99. The number of nitrogens with zero attached hydrogens (tertiary/aromatic N) is 1. The molecule has 2 aliphatic rings. The van der Waals surface area contributed by atoms with E-state index in [-0.39, 0.29) is 42.2 Å². The quantitative estimate of drug-likeness (QED) is 0.789. The number of carbonyl (C=O) groups is 2. The molecule has 0 radical (unpaired) electrons. The van der Waals surface area contributed by atoms with Crippen LogP contribution in [-0.2, 0) is 19.4 Å². The summed E-state index contributed by atoms with van der Waals surface area (Å²) in [5.74, 6) is -1.38. The van der Waals surface area contributed by atoms with E-state index >= 15 is 0 Å². The zero-order chi connectivity index (χ0) is 14.2. The van der Waals surface area contributed by atoms with Crippen LogP contribution in [0, 0.1) is 17.8 Å². The third kappa shape index (κ3) is 3.26. The molecule has 6 nitrogen and oxygen atoms in total. The minimum absolute atomic E-state index is 0.0474. The molecule has 0 aromatic rings. The Balaban J connectivity index is 1.90. The van der Waals surface area contributed by atoms with E-state index in [2.05, 4.69) is 0 Å². The third-order valence-electron chi connectivity index (χ3n) is 4.07. The Morgan fingerprint density at radius 3 is 2.47 bits per heavy atom. The molecule has 2 fully saturated rings. The van der Waals surface area contributed by atoms with E-state index in [0.29, 0.717) is 13.0 Å². The molecule has 108 valence electrons. The summed E-state index contributed by atoms with van der Waals surface area (Å²) in [6.07, 6.45) is 0.762. The molecule has 2 rings (SSSR count). The largest absolute Gasteiger partial charge is 0.481 e. The number of likely N-dealkylation sites (tertiary alicyclic amines) is 1. The van der Waals surface area contributed by atoms with Gasteiger partial charge in [0.25, 0.3) is 0 Å². The van der Waals surface area contributed by atoms with Crippen LogP contribution < -0.4 is 0 Å². The number of aliphatic carboxylic acids is 1. The Bertz CT molecular complexity index is 486. The summed E-state index contributed by atoms with van der Waals surface area (Å²) >= 11 is 0. The predicted molar refractivity (Wildman–Crippen MR) is 68.2 cm³/mol. The van der Waals surface area contributed by atoms with Crippen molar-refractivity contribution in [3.63, 3.8) is 0 Å². The number of carboxylic acids is 1. The molecule has 7 heteroatoms. The molecule has 2 aliphatic heterocycles. The molecule has 0 bridgehead atoms. The molecular formula is C12H19NO5S. The lowest BCUT2D eigenvalue weighted by molar-refractivity contribution is -0.142. The smallest absolute Gasteiger partial charge is 0.308 e. The molecule has 3 atom stereocenters. The molecule has 1 N–H and O–H groups in total. The average Bonchev–Trinajstić information content (AvgIpc) is 2.82. The predicted octanol–water partition coefficient (Wildman–Crippen LogP) is -0.00970. The van der Waals surface area contributed by atoms with Gasteiger partial charge in [0.15, 0.2) is 9.84 Å². The summed E-state index contributed by atoms with van der Waals surface area (Å²) in [5, 5.41) is 9.02. The number of hydrogen-bond acceptors (Lipinski definition) is 4. The fourth-order valence-corrected chi connectivity index (χ4v) is 4.76. The average molecular weight is 289 g/mol. The number of rotatable bonds is 3. The van der Waals surface area contributed by atoms with Gasteiger partial charge in [-0.25, -0.2) is 8.42 Å². The highest BCUT2D eigenvalue weighted by molar-refractivity contribution is 7.91. The van der Waals surface area contributed by atoms with Gasteiger partial charge >= 0.3 is 5.97 Å². The van der Waals surface area contributed by atoms with Gasteiger partial charge in [-0.2, -0.15) is 0 Å². The van der Waals surface area contributed by atoms with Gasteiger partial charge in [-0.1, -0.05) is 6.92 Å². The van der Waals surface area contributed by atoms with E-state index in [1.165, 1.54) is 0 Å². The summed E-state index contributed by atoms with van der Waals surface area (Å²) in [7, 11) is -2.96. The van der Waals surface area contributed by atoms with Crippen molar-refractivity contribution < 1.29 is 23.1 Å². The maximum atomic E-state index is 12.1. The molecule has 2 heterocycles. The molecule has 0 aromatic heterocycles. The van der Waals surface area contributed by atoms with Crippen LogP contribution in [0.15, 0.2) is 0 Å². The van der Waals surface area contributed by atoms with Gasteiger partial charge in [-0.05, 0) is 18.3 Å². The minimum atomic E-state index is -2.96. The molecule has 0 spiro atoms. The van der Waals surface area contributed by atoms with Crippen molar-refractivity contribution in [1.29, 1.82) is 0 Å². The molecule has 0 aliphatic carbocycles. The highest BCUT2D eigenvalue weighted by Crippen LogP contribution is 2.27. The second-order valence-corrected chi connectivity index (χ2v) is 7.92. The summed E-state index contributed by atoms with van der Waals surface area (Å²) in [6, 6.07) is 0. The van der Waals surface area contributed by atoms with Gasteiger partial charge in [-0.15, -0.1) is 0 Å². The van der Waals surface area contributed by atoms with Crippen molar-refractivity contribution in [3.05, 3.63) is 0 Å². The first-order valence-corrected chi connectivity index (χ1v) is 8.31. The SMILES string of the molecule is C[C@@H]1CN(C(=O)CC2CCS(=O)(=O)C2)C[C@H]1C(=O)O. The van der Waals surface area contributed by atoms with E-state index < -0.39 is 21.7 Å². The van der Waals surface area contributed by atoms with Crippen molar-refractivity contribution in [1.82, 2.24) is 4.90 Å². The van der Waals surface area contributed by atoms with Crippen molar-refractivity contribution in [2.24, 2.45) is 17.8 Å². The molecule has 0 saturated carbocycles. The molecule has 19 heavy (non-hydrogen) atoms. The van der Waals surface area contributed by atoms with Crippen LogP contribution in [0.25, 0.3) is 0 Å². The first-order chi connectivity index (χ1) is 8.78. The Morgan fingerprint density at radius 1 is 1.32 bits per heavy atom. The van der Waals surface area contributed by atoms with E-state index in [1.54, 1.807) is 4.90 Å². The Morgan fingerprint density at radius 2 is 2.00 bits per heavy atom. The number of hydrogen-bond donors (Lipinski definition) is 1. The third-order valence-corrected chi connectivity index (χ3v) is 5.91. The summed E-state index contributed by atoms with van der Waals surface area (Å²) in [4.78, 5) is 24.6. The van der Waals surface area contributed by atoms with E-state index in [4.69, 9.17) is 5.11 Å². The van der Waals surface area contributed by atoms with E-state index in [9.17, 15) is 18.0 Å². The summed E-state index contributed by atoms with van der Waals surface area (Å²) in [6.45, 7) is 2.52. The van der Waals surface area contributed by atoms with Gasteiger partial charge in [0, 0.05) is 19.5 Å². The Labute approximate surface area is 112 Å². The Hall–Kier alpha value is -1.11. The minimum Gasteiger partial charge on any atom is -0.481 e. The van der Waals surface area contributed by atoms with E-state index in [1.807, 2.05) is 6.92 Å². The topological polar surface area (TPSA) is 91.8 Å². The standard InChI is InChI=1S/C12H19NO5S/c1-8-5-13(6-10(8)12(15)16)11(14)4-9-2-3-19(17,18)7-9/h8-10H,2-7H2,1H3,(H,15,16)/t8-,9?,10-/m1/s1. The second kappa shape index (κ2) is 5.11. The maximum absolute atomic E-state index is 12.1. The number of amides is 1. The van der Waals surface area contributed by atoms with Crippen LogP contribution in [0.4, 0.5) is 0 Å². The van der Waals surface area contributed by atoms with Crippen molar-refractivity contribution in [2.75, 3.05) is 24.6 Å². The number of carboxylic acid groups (broad SMARTS) is 1. The summed E-state index contributed by atoms with van der Waals surface area (Å²) in [5.41, 5.74) is 0. The summed E-state index contributed by atoms with van der Waals surface area (Å²) < 4.78 is 22.7. The zero-order valence-electron chi connectivity index (χ0n) is 10.9. The van der Waals surface area contributed by atoms with Gasteiger partial charge in [0.2, 0.25) is 5.91 Å². The van der Waals surface area contributed by atoms with Crippen molar-refractivity contribution in [3.8, 4) is 0 Å². The lowest BCUT2D eigenvalue weighted by Gasteiger charge is -2.17. The van der Waals surface area contributed by atoms with Crippen LogP contribution in [0.5, 0.6) is 0 Å². The fraction of sp³-hybridized carbons (Fsp3) is 0.833. The van der Waals surface area contributed by atoms with Crippen LogP contribution >= 0.6 is 0 Å². The number of carbonyl (C=O) groups excluding carboxylic acids is 1. The van der Waals surface area contributed by atoms with Crippen molar-refractivity contribution >= 4 is 21.7 Å². The number of sulfone groups is 1. The van der Waals surface area contributed by atoms with Gasteiger partial charge < -0.3 is 10.0 Å². The monoisotopic (exact) mass is 289 g/mol. The van der Waals surface area contributed by atoms with Gasteiger partial charge in [0.1, 0.15) is 0 Å².